The number of aryl methyl sites for hydroxylation is 2. The van der Waals surface area contributed by atoms with Crippen molar-refractivity contribution in [2.45, 2.75) is 39.3 Å². The number of amides is 3. The highest BCUT2D eigenvalue weighted by Crippen LogP contribution is 2.17. The van der Waals surface area contributed by atoms with Crippen molar-refractivity contribution < 1.29 is 14.4 Å². The van der Waals surface area contributed by atoms with E-state index >= 15 is 0 Å². The Hall–Kier alpha value is -3.88. The second-order valence-electron chi connectivity index (χ2n) is 7.39. The summed E-state index contributed by atoms with van der Waals surface area (Å²) in [5.74, 6) is -1.25. The van der Waals surface area contributed by atoms with Crippen LogP contribution in [0.2, 0.25) is 0 Å². The molecule has 0 saturated carbocycles. The van der Waals surface area contributed by atoms with Crippen LogP contribution in [0.15, 0.2) is 53.3 Å². The average molecular weight is 438 g/mol. The van der Waals surface area contributed by atoms with Gasteiger partial charge in [0, 0.05) is 32.5 Å². The Labute approximate surface area is 185 Å². The van der Waals surface area contributed by atoms with E-state index in [1.807, 2.05) is 31.2 Å². The molecule has 0 unspecified atom stereocenters. The van der Waals surface area contributed by atoms with E-state index in [-0.39, 0.29) is 43.1 Å². The molecule has 9 heteroatoms. The fourth-order valence-electron chi connectivity index (χ4n) is 3.54. The van der Waals surface area contributed by atoms with Crippen LogP contribution in [-0.4, -0.2) is 33.4 Å². The lowest BCUT2D eigenvalue weighted by Crippen LogP contribution is -2.29. The fraction of sp³-hybridized carbons (Fsp3) is 0.304. The number of fused-ring (bicyclic) bond motifs is 1. The molecule has 2 aromatic carbocycles. The van der Waals surface area contributed by atoms with Gasteiger partial charge < -0.3 is 16.4 Å². The van der Waals surface area contributed by atoms with Crippen LogP contribution in [0.3, 0.4) is 0 Å². The molecule has 1 heterocycles. The molecule has 0 atom stereocenters. The molecule has 9 nitrogen and oxygen atoms in total. The highest BCUT2D eigenvalue weighted by molar-refractivity contribution is 6.03. The van der Waals surface area contributed by atoms with Crippen LogP contribution in [-0.2, 0) is 22.7 Å². The van der Waals surface area contributed by atoms with Gasteiger partial charge in [0.2, 0.25) is 11.8 Å². The number of rotatable bonds is 10. The number of carbonyl (C=O) groups is 3. The van der Waals surface area contributed by atoms with Gasteiger partial charge in [-0.1, -0.05) is 31.2 Å². The molecule has 0 saturated heterocycles. The quantitative estimate of drug-likeness (QED) is 0.447. The Morgan fingerprint density at radius 3 is 2.19 bits per heavy atom. The van der Waals surface area contributed by atoms with Gasteiger partial charge in [-0.05, 0) is 30.7 Å². The highest BCUT2D eigenvalue weighted by atomic mass is 16.2. The molecule has 32 heavy (non-hydrogen) atoms. The zero-order valence-electron chi connectivity index (χ0n) is 18.0. The summed E-state index contributed by atoms with van der Waals surface area (Å²) in [5, 5.41) is 5.35. The van der Waals surface area contributed by atoms with Gasteiger partial charge in [0.05, 0.1) is 22.3 Å². The molecule has 0 aliphatic carbocycles. The summed E-state index contributed by atoms with van der Waals surface area (Å²) in [4.78, 5) is 48.7. The van der Waals surface area contributed by atoms with E-state index in [4.69, 9.17) is 5.73 Å². The molecule has 3 rings (SSSR count). The Bertz CT molecular complexity index is 1190. The predicted octanol–water partition coefficient (Wildman–Crippen LogP) is 1.85. The number of aromatic nitrogens is 2. The lowest BCUT2D eigenvalue weighted by Gasteiger charge is -2.11. The normalized spacial score (nSPS) is 10.8. The highest BCUT2D eigenvalue weighted by Gasteiger charge is 2.16. The predicted molar refractivity (Wildman–Crippen MR) is 122 cm³/mol. The van der Waals surface area contributed by atoms with Crippen LogP contribution < -0.4 is 22.1 Å². The van der Waals surface area contributed by atoms with Crippen molar-refractivity contribution in [3.63, 3.8) is 0 Å². The summed E-state index contributed by atoms with van der Waals surface area (Å²) in [6.45, 7) is 2.94. The lowest BCUT2D eigenvalue weighted by atomic mass is 10.1. The van der Waals surface area contributed by atoms with Crippen molar-refractivity contribution in [1.82, 2.24) is 14.5 Å². The van der Waals surface area contributed by atoms with E-state index in [2.05, 4.69) is 10.6 Å². The van der Waals surface area contributed by atoms with Gasteiger partial charge in [-0.15, -0.1) is 0 Å². The first-order chi connectivity index (χ1) is 15.4. The van der Waals surface area contributed by atoms with Gasteiger partial charge >= 0.3 is 5.69 Å². The standard InChI is InChI=1S/C23H27N5O4/c1-2-14-27-18-9-5-6-10-19(18)28(23(27)32)15-12-21(30)26-17-8-4-3-7-16(17)22(31)25-13-11-20(24)29/h3-10H,2,11-15H2,1H3,(H2,24,29)(H,25,31)(H,26,30). The number of primary amides is 1. The second-order valence-corrected chi connectivity index (χ2v) is 7.39. The summed E-state index contributed by atoms with van der Waals surface area (Å²) < 4.78 is 3.33. The minimum Gasteiger partial charge on any atom is -0.370 e. The van der Waals surface area contributed by atoms with Crippen LogP contribution in [0.25, 0.3) is 11.0 Å². The second kappa shape index (κ2) is 10.4. The number of imidazole rings is 1. The Balaban J connectivity index is 1.70. The van der Waals surface area contributed by atoms with E-state index in [9.17, 15) is 19.2 Å². The maximum absolute atomic E-state index is 12.8. The Kier molecular flexibility index (Phi) is 7.43. The summed E-state index contributed by atoms with van der Waals surface area (Å²) >= 11 is 0. The zero-order chi connectivity index (χ0) is 23.1. The van der Waals surface area contributed by atoms with Crippen LogP contribution in [0, 0.1) is 0 Å². The SMILES string of the molecule is CCCn1c(=O)n(CCC(=O)Nc2ccccc2C(=O)NCCC(N)=O)c2ccccc21. The number of anilines is 1. The van der Waals surface area contributed by atoms with Crippen molar-refractivity contribution >= 4 is 34.4 Å². The minimum atomic E-state index is -0.512. The minimum absolute atomic E-state index is 0.0284. The van der Waals surface area contributed by atoms with Crippen molar-refractivity contribution in [2.24, 2.45) is 5.73 Å². The summed E-state index contributed by atoms with van der Waals surface area (Å²) in [7, 11) is 0. The fourth-order valence-corrected chi connectivity index (χ4v) is 3.54. The van der Waals surface area contributed by atoms with E-state index in [0.29, 0.717) is 12.2 Å². The summed E-state index contributed by atoms with van der Waals surface area (Å²) in [5.41, 5.74) is 7.21. The number of benzene rings is 2. The van der Waals surface area contributed by atoms with E-state index in [0.717, 1.165) is 17.5 Å². The Morgan fingerprint density at radius 2 is 1.53 bits per heavy atom. The Morgan fingerprint density at radius 1 is 0.906 bits per heavy atom. The molecule has 4 N–H and O–H groups in total. The number of para-hydroxylation sites is 3. The van der Waals surface area contributed by atoms with E-state index < -0.39 is 11.8 Å². The number of nitrogens with two attached hydrogens (primary N) is 1. The van der Waals surface area contributed by atoms with Gasteiger partial charge in [0.1, 0.15) is 0 Å². The van der Waals surface area contributed by atoms with Crippen molar-refractivity contribution in [3.8, 4) is 0 Å². The maximum atomic E-state index is 12.8. The van der Waals surface area contributed by atoms with E-state index in [1.165, 1.54) is 0 Å². The van der Waals surface area contributed by atoms with Crippen molar-refractivity contribution in [1.29, 1.82) is 0 Å². The lowest BCUT2D eigenvalue weighted by molar-refractivity contribution is -0.118. The number of hydrogen-bond donors (Lipinski definition) is 3. The largest absolute Gasteiger partial charge is 0.370 e. The smallest absolute Gasteiger partial charge is 0.329 e. The monoisotopic (exact) mass is 437 g/mol. The van der Waals surface area contributed by atoms with E-state index in [1.54, 1.807) is 33.4 Å². The first-order valence-corrected chi connectivity index (χ1v) is 10.6. The van der Waals surface area contributed by atoms with Gasteiger partial charge in [0.25, 0.3) is 5.91 Å². The van der Waals surface area contributed by atoms with Crippen LogP contribution in [0.1, 0.15) is 36.5 Å². The van der Waals surface area contributed by atoms with Crippen LogP contribution in [0.5, 0.6) is 0 Å². The first-order valence-electron chi connectivity index (χ1n) is 10.6. The average Bonchev–Trinajstić information content (AvgIpc) is 3.03. The van der Waals surface area contributed by atoms with Crippen LogP contribution in [0.4, 0.5) is 5.69 Å². The molecule has 1 aromatic heterocycles. The molecule has 3 aromatic rings. The summed E-state index contributed by atoms with van der Waals surface area (Å²) in [6.07, 6.45) is 0.922. The molecule has 0 fully saturated rings. The molecule has 0 spiro atoms. The van der Waals surface area contributed by atoms with Crippen molar-refractivity contribution in [2.75, 3.05) is 11.9 Å². The van der Waals surface area contributed by atoms with Gasteiger partial charge in [-0.2, -0.15) is 0 Å². The van der Waals surface area contributed by atoms with Gasteiger partial charge in [-0.25, -0.2) is 4.79 Å². The number of nitrogens with zero attached hydrogens (tertiary/aromatic N) is 2. The molecule has 0 aliphatic heterocycles. The molecule has 168 valence electrons. The third-order valence-electron chi connectivity index (χ3n) is 5.04. The van der Waals surface area contributed by atoms with Crippen LogP contribution >= 0.6 is 0 Å². The zero-order valence-corrected chi connectivity index (χ0v) is 18.0. The van der Waals surface area contributed by atoms with Crippen molar-refractivity contribution in [3.05, 3.63) is 64.6 Å². The molecule has 3 amide bonds. The molecule has 0 aliphatic rings. The number of hydrogen-bond acceptors (Lipinski definition) is 4. The first kappa shape index (κ1) is 22.8. The van der Waals surface area contributed by atoms with Gasteiger partial charge in [-0.3, -0.25) is 23.5 Å². The summed E-state index contributed by atoms with van der Waals surface area (Å²) in [6, 6.07) is 14.1. The molecule has 0 radical (unpaired) electrons. The maximum Gasteiger partial charge on any atom is 0.329 e. The molecular weight excluding hydrogens is 410 g/mol. The van der Waals surface area contributed by atoms with Gasteiger partial charge in [0.15, 0.2) is 0 Å². The molecular formula is C23H27N5O4. The molecule has 0 bridgehead atoms. The third kappa shape index (κ3) is 5.23. The third-order valence-corrected chi connectivity index (χ3v) is 5.04. The number of nitrogens with one attached hydrogen (secondary N) is 2. The number of carbonyl (C=O) groups excluding carboxylic acids is 3. The topological polar surface area (TPSA) is 128 Å².